The van der Waals surface area contributed by atoms with Crippen molar-refractivity contribution >= 4 is 11.7 Å². The first kappa shape index (κ1) is 18.9. The van der Waals surface area contributed by atoms with E-state index in [0.29, 0.717) is 23.3 Å². The molecular formula is C21H24N4O4. The Morgan fingerprint density at radius 2 is 1.48 bits per heavy atom. The average molecular weight is 396 g/mol. The quantitative estimate of drug-likeness (QED) is 0.629. The predicted octanol–water partition coefficient (Wildman–Crippen LogP) is 3.09. The van der Waals surface area contributed by atoms with E-state index < -0.39 is 0 Å². The number of para-hydroxylation sites is 2. The molecule has 0 amide bonds. The van der Waals surface area contributed by atoms with Crippen LogP contribution in [0.25, 0.3) is 11.4 Å². The number of piperazine rings is 1. The van der Waals surface area contributed by atoms with Crippen LogP contribution in [0.4, 0.5) is 11.7 Å². The number of nitrogens with zero attached hydrogens (tertiary/aromatic N) is 4. The first-order chi connectivity index (χ1) is 14.2. The molecule has 0 aliphatic carbocycles. The number of anilines is 2. The molecule has 1 aromatic heterocycles. The molecule has 0 radical (unpaired) electrons. The highest BCUT2D eigenvalue weighted by Crippen LogP contribution is 2.32. The van der Waals surface area contributed by atoms with E-state index in [1.54, 1.807) is 21.3 Å². The molecule has 0 saturated carbocycles. The Morgan fingerprint density at radius 1 is 0.793 bits per heavy atom. The molecule has 8 nitrogen and oxygen atoms in total. The third-order valence-electron chi connectivity index (χ3n) is 5.03. The third kappa shape index (κ3) is 3.78. The molecule has 29 heavy (non-hydrogen) atoms. The van der Waals surface area contributed by atoms with Gasteiger partial charge in [-0.15, -0.1) is 0 Å². The summed E-state index contributed by atoms with van der Waals surface area (Å²) in [7, 11) is 4.91. The number of rotatable bonds is 6. The summed E-state index contributed by atoms with van der Waals surface area (Å²) in [6.45, 7) is 3.25. The number of hydrogen-bond donors (Lipinski definition) is 0. The van der Waals surface area contributed by atoms with Gasteiger partial charge >= 0.3 is 6.01 Å². The second-order valence-electron chi connectivity index (χ2n) is 6.62. The molecule has 0 bridgehead atoms. The fourth-order valence-corrected chi connectivity index (χ4v) is 3.47. The van der Waals surface area contributed by atoms with Gasteiger partial charge in [-0.3, -0.25) is 0 Å². The van der Waals surface area contributed by atoms with Gasteiger partial charge in [0.1, 0.15) is 5.75 Å². The first-order valence-electron chi connectivity index (χ1n) is 9.42. The molecule has 1 fully saturated rings. The number of methoxy groups -OCH3 is 3. The molecule has 4 rings (SSSR count). The van der Waals surface area contributed by atoms with Crippen molar-refractivity contribution in [1.82, 2.24) is 10.1 Å². The van der Waals surface area contributed by atoms with Crippen LogP contribution < -0.4 is 24.0 Å². The van der Waals surface area contributed by atoms with Gasteiger partial charge in [-0.1, -0.05) is 17.3 Å². The van der Waals surface area contributed by atoms with E-state index in [1.807, 2.05) is 36.4 Å². The van der Waals surface area contributed by atoms with Crippen LogP contribution in [0.1, 0.15) is 0 Å². The average Bonchev–Trinajstić information content (AvgIpc) is 3.29. The van der Waals surface area contributed by atoms with Crippen LogP contribution in [0.15, 0.2) is 47.0 Å². The fourth-order valence-electron chi connectivity index (χ4n) is 3.47. The minimum Gasteiger partial charge on any atom is -0.495 e. The molecule has 3 aromatic rings. The monoisotopic (exact) mass is 396 g/mol. The van der Waals surface area contributed by atoms with Crippen molar-refractivity contribution in [2.24, 2.45) is 0 Å². The fraction of sp³-hybridized carbons (Fsp3) is 0.333. The number of ether oxygens (including phenoxy) is 3. The maximum atomic E-state index is 5.52. The van der Waals surface area contributed by atoms with Crippen molar-refractivity contribution < 1.29 is 18.7 Å². The van der Waals surface area contributed by atoms with Gasteiger partial charge in [-0.2, -0.15) is 4.98 Å². The smallest absolute Gasteiger partial charge is 0.324 e. The second-order valence-corrected chi connectivity index (χ2v) is 6.62. The first-order valence-corrected chi connectivity index (χ1v) is 9.42. The van der Waals surface area contributed by atoms with Crippen LogP contribution in [-0.4, -0.2) is 57.6 Å². The molecular weight excluding hydrogens is 372 g/mol. The Morgan fingerprint density at radius 3 is 2.21 bits per heavy atom. The standard InChI is InChI=1S/C21H24N4O4/c1-26-17-7-5-4-6-16(17)24-10-12-25(13-11-24)21-22-20(23-29-21)15-8-9-18(27-2)19(14-15)28-3/h4-9,14H,10-13H2,1-3H3. The third-order valence-corrected chi connectivity index (χ3v) is 5.03. The Hall–Kier alpha value is -3.42. The van der Waals surface area contributed by atoms with E-state index in [1.165, 1.54) is 0 Å². The highest BCUT2D eigenvalue weighted by molar-refractivity contribution is 5.62. The predicted molar refractivity (Wildman–Crippen MR) is 110 cm³/mol. The zero-order valence-electron chi connectivity index (χ0n) is 16.8. The van der Waals surface area contributed by atoms with Gasteiger partial charge in [0, 0.05) is 31.7 Å². The van der Waals surface area contributed by atoms with Gasteiger partial charge in [0.15, 0.2) is 11.5 Å². The van der Waals surface area contributed by atoms with Crippen molar-refractivity contribution in [3.05, 3.63) is 42.5 Å². The van der Waals surface area contributed by atoms with Gasteiger partial charge in [0.2, 0.25) is 5.82 Å². The molecule has 152 valence electrons. The summed E-state index contributed by atoms with van der Waals surface area (Å²) in [5.41, 5.74) is 1.91. The number of aromatic nitrogens is 2. The van der Waals surface area contributed by atoms with Crippen molar-refractivity contribution in [3.63, 3.8) is 0 Å². The van der Waals surface area contributed by atoms with E-state index in [2.05, 4.69) is 26.0 Å². The minimum absolute atomic E-state index is 0.521. The van der Waals surface area contributed by atoms with Gasteiger partial charge in [0.25, 0.3) is 0 Å². The Labute approximate surface area is 169 Å². The van der Waals surface area contributed by atoms with Crippen molar-refractivity contribution in [3.8, 4) is 28.6 Å². The lowest BCUT2D eigenvalue weighted by molar-refractivity contribution is 0.355. The number of benzene rings is 2. The molecule has 8 heteroatoms. The zero-order valence-corrected chi connectivity index (χ0v) is 16.8. The lowest BCUT2D eigenvalue weighted by Crippen LogP contribution is -2.46. The van der Waals surface area contributed by atoms with Crippen molar-refractivity contribution in [1.29, 1.82) is 0 Å². The van der Waals surface area contributed by atoms with Crippen LogP contribution in [-0.2, 0) is 0 Å². The van der Waals surface area contributed by atoms with E-state index in [4.69, 9.17) is 18.7 Å². The summed E-state index contributed by atoms with van der Waals surface area (Å²) < 4.78 is 21.6. The number of hydrogen-bond acceptors (Lipinski definition) is 8. The topological polar surface area (TPSA) is 73.1 Å². The summed E-state index contributed by atoms with van der Waals surface area (Å²) in [4.78, 5) is 8.98. The molecule has 1 aliphatic heterocycles. The van der Waals surface area contributed by atoms with Gasteiger partial charge in [-0.25, -0.2) is 0 Å². The summed E-state index contributed by atoms with van der Waals surface area (Å²) >= 11 is 0. The largest absolute Gasteiger partial charge is 0.495 e. The Kier molecular flexibility index (Phi) is 5.41. The van der Waals surface area contributed by atoms with Gasteiger partial charge in [-0.05, 0) is 30.3 Å². The van der Waals surface area contributed by atoms with Gasteiger partial charge in [0.05, 0.1) is 27.0 Å². The van der Waals surface area contributed by atoms with Crippen LogP contribution in [0, 0.1) is 0 Å². The summed E-state index contributed by atoms with van der Waals surface area (Å²) in [6, 6.07) is 14.1. The molecule has 0 N–H and O–H groups in total. The molecule has 0 spiro atoms. The van der Waals surface area contributed by atoms with Crippen LogP contribution >= 0.6 is 0 Å². The maximum Gasteiger partial charge on any atom is 0.324 e. The highest BCUT2D eigenvalue weighted by atomic mass is 16.5. The van der Waals surface area contributed by atoms with Crippen molar-refractivity contribution in [2.75, 3.05) is 57.3 Å². The molecule has 0 atom stereocenters. The highest BCUT2D eigenvalue weighted by Gasteiger charge is 2.23. The Bertz CT molecular complexity index is 967. The molecule has 1 aliphatic rings. The SMILES string of the molecule is COc1ccc(-c2noc(N3CCN(c4ccccc4OC)CC3)n2)cc1OC. The maximum absolute atomic E-state index is 5.52. The summed E-state index contributed by atoms with van der Waals surface area (Å²) in [5, 5.41) is 4.14. The minimum atomic E-state index is 0.521. The van der Waals surface area contributed by atoms with E-state index in [9.17, 15) is 0 Å². The van der Waals surface area contributed by atoms with E-state index in [0.717, 1.165) is 43.2 Å². The molecule has 0 unspecified atom stereocenters. The van der Waals surface area contributed by atoms with Crippen molar-refractivity contribution in [2.45, 2.75) is 0 Å². The zero-order chi connectivity index (χ0) is 20.2. The van der Waals surface area contributed by atoms with Crippen LogP contribution in [0.5, 0.6) is 17.2 Å². The van der Waals surface area contributed by atoms with Gasteiger partial charge < -0.3 is 28.5 Å². The molecule has 2 heterocycles. The lowest BCUT2D eigenvalue weighted by atomic mass is 10.2. The second kappa shape index (κ2) is 8.30. The van der Waals surface area contributed by atoms with E-state index >= 15 is 0 Å². The lowest BCUT2D eigenvalue weighted by Gasteiger charge is -2.35. The summed E-state index contributed by atoms with van der Waals surface area (Å²) in [5.74, 6) is 2.69. The Balaban J connectivity index is 1.46. The van der Waals surface area contributed by atoms with E-state index in [-0.39, 0.29) is 0 Å². The molecule has 1 saturated heterocycles. The van der Waals surface area contributed by atoms with Crippen LogP contribution in [0.3, 0.4) is 0 Å². The van der Waals surface area contributed by atoms with Crippen LogP contribution in [0.2, 0.25) is 0 Å². The molecule has 2 aromatic carbocycles. The normalized spacial score (nSPS) is 14.0. The summed E-state index contributed by atoms with van der Waals surface area (Å²) in [6.07, 6.45) is 0.